The Morgan fingerprint density at radius 2 is 2.06 bits per heavy atom. The van der Waals surface area contributed by atoms with Crippen LogP contribution in [0.2, 0.25) is 0 Å². The van der Waals surface area contributed by atoms with Crippen LogP contribution in [0.15, 0.2) is 24.3 Å². The number of likely N-dealkylation sites (N-methyl/N-ethyl adjacent to an activating group) is 1. The van der Waals surface area contributed by atoms with Gasteiger partial charge in [-0.05, 0) is 26.2 Å². The molecule has 1 aromatic carbocycles. The normalized spacial score (nSPS) is 11.2. The lowest BCUT2D eigenvalue weighted by Crippen LogP contribution is -2.23. The summed E-state index contributed by atoms with van der Waals surface area (Å²) in [6.07, 6.45) is 0. The van der Waals surface area contributed by atoms with Crippen molar-refractivity contribution in [3.05, 3.63) is 30.1 Å². The smallest absolute Gasteiger partial charge is 0.212 e. The Kier molecular flexibility index (Phi) is 2.75. The molecule has 0 bridgehead atoms. The molecule has 0 unspecified atom stereocenters. The highest BCUT2D eigenvalue weighted by molar-refractivity contribution is 5.97. The molecule has 16 heavy (non-hydrogen) atoms. The second-order valence-corrected chi connectivity index (χ2v) is 4.14. The van der Waals surface area contributed by atoms with Crippen molar-refractivity contribution in [1.82, 2.24) is 14.5 Å². The number of rotatable bonds is 3. The summed E-state index contributed by atoms with van der Waals surface area (Å²) in [5.74, 6) is 0.568. The van der Waals surface area contributed by atoms with Crippen LogP contribution in [0.4, 0.5) is 0 Å². The van der Waals surface area contributed by atoms with Crippen LogP contribution in [0.3, 0.4) is 0 Å². The third kappa shape index (κ3) is 1.84. The minimum atomic E-state index is 0.0451. The molecule has 0 aliphatic carbocycles. The van der Waals surface area contributed by atoms with Crippen molar-refractivity contribution in [3.63, 3.8) is 0 Å². The number of imidazole rings is 1. The van der Waals surface area contributed by atoms with Crippen molar-refractivity contribution in [2.75, 3.05) is 20.6 Å². The van der Waals surface area contributed by atoms with Gasteiger partial charge in [0.1, 0.15) is 0 Å². The number of Topliss-reactive ketones (excluding diaryl/α,β-unsaturated/α-hetero) is 1. The van der Waals surface area contributed by atoms with E-state index in [4.69, 9.17) is 0 Å². The van der Waals surface area contributed by atoms with Crippen LogP contribution in [0.1, 0.15) is 10.6 Å². The maximum Gasteiger partial charge on any atom is 0.212 e. The lowest BCUT2D eigenvalue weighted by atomic mass is 10.3. The quantitative estimate of drug-likeness (QED) is 0.728. The van der Waals surface area contributed by atoms with Crippen LogP contribution in [-0.2, 0) is 7.05 Å². The molecule has 1 heterocycles. The van der Waals surface area contributed by atoms with Crippen LogP contribution < -0.4 is 0 Å². The Labute approximate surface area is 94.5 Å². The zero-order chi connectivity index (χ0) is 11.7. The Hall–Kier alpha value is -1.68. The summed E-state index contributed by atoms with van der Waals surface area (Å²) in [6.45, 7) is 0.386. The molecule has 0 amide bonds. The first-order valence-electron chi connectivity index (χ1n) is 5.19. The van der Waals surface area contributed by atoms with Gasteiger partial charge in [-0.2, -0.15) is 0 Å². The lowest BCUT2D eigenvalue weighted by Gasteiger charge is -2.07. The molecular formula is C12H15N3O. The first kappa shape index (κ1) is 10.8. The lowest BCUT2D eigenvalue weighted by molar-refractivity contribution is 0.0945. The molecule has 4 heteroatoms. The van der Waals surface area contributed by atoms with Gasteiger partial charge in [-0.15, -0.1) is 0 Å². The number of para-hydroxylation sites is 2. The maximum atomic E-state index is 11.9. The summed E-state index contributed by atoms with van der Waals surface area (Å²) in [5, 5.41) is 0. The third-order valence-electron chi connectivity index (χ3n) is 2.50. The van der Waals surface area contributed by atoms with Gasteiger partial charge in [0, 0.05) is 7.05 Å². The topological polar surface area (TPSA) is 38.1 Å². The summed E-state index contributed by atoms with van der Waals surface area (Å²) in [6, 6.07) is 7.76. The van der Waals surface area contributed by atoms with Crippen molar-refractivity contribution < 1.29 is 4.79 Å². The summed E-state index contributed by atoms with van der Waals surface area (Å²) < 4.78 is 1.85. The van der Waals surface area contributed by atoms with Gasteiger partial charge in [-0.1, -0.05) is 12.1 Å². The molecule has 4 nitrogen and oxygen atoms in total. The summed E-state index contributed by atoms with van der Waals surface area (Å²) in [7, 11) is 5.62. The molecule has 0 aliphatic heterocycles. The monoisotopic (exact) mass is 217 g/mol. The molecule has 0 spiro atoms. The number of fused-ring (bicyclic) bond motifs is 1. The highest BCUT2D eigenvalue weighted by atomic mass is 16.1. The van der Waals surface area contributed by atoms with Crippen LogP contribution in [0, 0.1) is 0 Å². The van der Waals surface area contributed by atoms with E-state index in [1.165, 1.54) is 0 Å². The Balaban J connectivity index is 2.45. The second kappa shape index (κ2) is 4.06. The number of carbonyl (C=O) groups is 1. The van der Waals surface area contributed by atoms with Crippen molar-refractivity contribution in [1.29, 1.82) is 0 Å². The van der Waals surface area contributed by atoms with E-state index in [-0.39, 0.29) is 5.78 Å². The first-order chi connectivity index (χ1) is 7.59. The van der Waals surface area contributed by atoms with Gasteiger partial charge in [0.25, 0.3) is 0 Å². The fraction of sp³-hybridized carbons (Fsp3) is 0.333. The predicted octanol–water partition coefficient (Wildman–Crippen LogP) is 1.32. The van der Waals surface area contributed by atoms with E-state index in [0.29, 0.717) is 12.4 Å². The van der Waals surface area contributed by atoms with Crippen molar-refractivity contribution in [3.8, 4) is 0 Å². The van der Waals surface area contributed by atoms with E-state index in [1.807, 2.05) is 54.9 Å². The number of nitrogens with zero attached hydrogens (tertiary/aromatic N) is 3. The van der Waals surface area contributed by atoms with E-state index in [9.17, 15) is 4.79 Å². The molecule has 0 saturated carbocycles. The number of benzene rings is 1. The second-order valence-electron chi connectivity index (χ2n) is 4.14. The summed E-state index contributed by atoms with van der Waals surface area (Å²) in [5.41, 5.74) is 1.86. The van der Waals surface area contributed by atoms with Crippen molar-refractivity contribution in [2.24, 2.45) is 7.05 Å². The number of carbonyl (C=O) groups excluding carboxylic acids is 1. The fourth-order valence-corrected chi connectivity index (χ4v) is 1.75. The summed E-state index contributed by atoms with van der Waals surface area (Å²) >= 11 is 0. The number of hydrogen-bond acceptors (Lipinski definition) is 3. The Morgan fingerprint density at radius 3 is 2.69 bits per heavy atom. The van der Waals surface area contributed by atoms with Gasteiger partial charge in [-0.25, -0.2) is 4.98 Å². The molecule has 0 N–H and O–H groups in total. The van der Waals surface area contributed by atoms with Crippen LogP contribution in [0.5, 0.6) is 0 Å². The average Bonchev–Trinajstić information content (AvgIpc) is 2.56. The third-order valence-corrected chi connectivity index (χ3v) is 2.50. The van der Waals surface area contributed by atoms with Crippen molar-refractivity contribution in [2.45, 2.75) is 0 Å². The molecule has 0 fully saturated rings. The molecule has 0 saturated heterocycles. The van der Waals surface area contributed by atoms with Gasteiger partial charge in [0.05, 0.1) is 17.6 Å². The molecule has 1 aromatic heterocycles. The summed E-state index contributed by atoms with van der Waals surface area (Å²) in [4.78, 5) is 18.1. The van der Waals surface area contributed by atoms with E-state index in [1.54, 1.807) is 0 Å². The van der Waals surface area contributed by atoms with E-state index in [0.717, 1.165) is 11.0 Å². The number of aryl methyl sites for hydroxylation is 1. The largest absolute Gasteiger partial charge is 0.325 e. The van der Waals surface area contributed by atoms with Gasteiger partial charge in [0.15, 0.2) is 5.82 Å². The van der Waals surface area contributed by atoms with Gasteiger partial charge in [-0.3, -0.25) is 4.79 Å². The molecule has 0 aliphatic rings. The maximum absolute atomic E-state index is 11.9. The Morgan fingerprint density at radius 1 is 1.38 bits per heavy atom. The molecule has 0 atom stereocenters. The number of hydrogen-bond donors (Lipinski definition) is 0. The minimum absolute atomic E-state index is 0.0451. The number of aromatic nitrogens is 2. The highest BCUT2D eigenvalue weighted by Gasteiger charge is 2.15. The van der Waals surface area contributed by atoms with E-state index < -0.39 is 0 Å². The van der Waals surface area contributed by atoms with Crippen LogP contribution in [0.25, 0.3) is 11.0 Å². The van der Waals surface area contributed by atoms with Gasteiger partial charge in [0.2, 0.25) is 5.78 Å². The highest BCUT2D eigenvalue weighted by Crippen LogP contribution is 2.14. The fourth-order valence-electron chi connectivity index (χ4n) is 1.75. The van der Waals surface area contributed by atoms with Gasteiger partial charge >= 0.3 is 0 Å². The molecule has 2 rings (SSSR count). The predicted molar refractivity (Wildman–Crippen MR) is 63.6 cm³/mol. The molecular weight excluding hydrogens is 202 g/mol. The van der Waals surface area contributed by atoms with Crippen molar-refractivity contribution >= 4 is 16.8 Å². The average molecular weight is 217 g/mol. The zero-order valence-corrected chi connectivity index (χ0v) is 9.77. The van der Waals surface area contributed by atoms with E-state index in [2.05, 4.69) is 4.98 Å². The standard InChI is InChI=1S/C12H15N3O/c1-14(2)8-11(16)12-13-9-6-4-5-7-10(9)15(12)3/h4-7H,8H2,1-3H3. The SMILES string of the molecule is CN(C)CC(=O)c1nc2ccccc2n1C. The molecule has 0 radical (unpaired) electrons. The first-order valence-corrected chi connectivity index (χ1v) is 5.19. The van der Waals surface area contributed by atoms with Crippen LogP contribution in [-0.4, -0.2) is 40.9 Å². The Bertz CT molecular complexity index is 528. The minimum Gasteiger partial charge on any atom is -0.325 e. The molecule has 84 valence electrons. The van der Waals surface area contributed by atoms with Crippen LogP contribution >= 0.6 is 0 Å². The molecule has 2 aromatic rings. The van der Waals surface area contributed by atoms with E-state index >= 15 is 0 Å². The van der Waals surface area contributed by atoms with Gasteiger partial charge < -0.3 is 9.47 Å². The number of ketones is 1. The zero-order valence-electron chi connectivity index (χ0n) is 9.77.